The van der Waals surface area contributed by atoms with Crippen LogP contribution in [0.25, 0.3) is 33.3 Å². The monoisotopic (exact) mass is 437 g/mol. The first-order valence-corrected chi connectivity index (χ1v) is 11.1. The fourth-order valence-corrected chi connectivity index (χ4v) is 5.31. The number of hydrogen-bond acceptors (Lipinski definition) is 6. The van der Waals surface area contributed by atoms with Crippen molar-refractivity contribution in [2.45, 2.75) is 26.2 Å². The van der Waals surface area contributed by atoms with Crippen LogP contribution >= 0.6 is 11.6 Å². The van der Waals surface area contributed by atoms with Crippen LogP contribution < -0.4 is 4.90 Å². The number of aromatic nitrogens is 6. The minimum absolute atomic E-state index is 0.364. The molecule has 0 radical (unpaired) electrons. The quantitative estimate of drug-likeness (QED) is 0.512. The van der Waals surface area contributed by atoms with E-state index in [2.05, 4.69) is 20.2 Å². The molecule has 0 saturated carbocycles. The Balaban J connectivity index is 1.36. The van der Waals surface area contributed by atoms with Gasteiger partial charge in [-0.15, -0.1) is 0 Å². The van der Waals surface area contributed by atoms with Gasteiger partial charge >= 0.3 is 0 Å². The van der Waals surface area contributed by atoms with E-state index in [0.717, 1.165) is 78.3 Å². The van der Waals surface area contributed by atoms with Gasteiger partial charge in [0.2, 0.25) is 5.65 Å². The summed E-state index contributed by atoms with van der Waals surface area (Å²) in [6.45, 7) is 5.77. The molecular weight excluding hydrogens is 414 g/mol. The van der Waals surface area contributed by atoms with Gasteiger partial charge in [0.05, 0.1) is 28.5 Å². The van der Waals surface area contributed by atoms with E-state index >= 15 is 0 Å². The lowest BCUT2D eigenvalue weighted by molar-refractivity contribution is 0.133. The lowest BCUT2D eigenvalue weighted by atomic mass is 9.78. The van der Waals surface area contributed by atoms with Crippen LogP contribution in [0.2, 0.25) is 5.02 Å². The molecule has 0 unspecified atom stereocenters. The van der Waals surface area contributed by atoms with Gasteiger partial charge in [0.15, 0.2) is 5.82 Å². The highest BCUT2D eigenvalue weighted by molar-refractivity contribution is 6.38. The van der Waals surface area contributed by atoms with Crippen molar-refractivity contribution in [3.8, 4) is 11.3 Å². The molecule has 0 atom stereocenters. The number of nitrogens with zero attached hydrogens (tertiary/aromatic N) is 6. The third-order valence-electron chi connectivity index (χ3n) is 6.85. The van der Waals surface area contributed by atoms with Gasteiger partial charge in [0.25, 0.3) is 0 Å². The Morgan fingerprint density at radius 2 is 2.00 bits per heavy atom. The molecule has 31 heavy (non-hydrogen) atoms. The molecule has 3 aromatic heterocycles. The standard InChI is InChI=1S/C22H24ClN7O/c1-13-21(30-8-5-22(6-9-30)7-10-31-12-22)25-20-19(24-13)18(26-27-20)14-3-4-16-15(17(14)23)11-29(2)28-16/h3-4,11H,5-10,12H2,1-2H3,(H,25,26,27). The number of nitrogens with one attached hydrogen (secondary N) is 1. The van der Waals surface area contributed by atoms with Crippen molar-refractivity contribution in [3.63, 3.8) is 0 Å². The molecule has 2 saturated heterocycles. The number of ether oxygens (including phenoxy) is 1. The van der Waals surface area contributed by atoms with E-state index in [1.807, 2.05) is 32.3 Å². The van der Waals surface area contributed by atoms with Crippen molar-refractivity contribution in [3.05, 3.63) is 29.0 Å². The number of rotatable bonds is 2. The van der Waals surface area contributed by atoms with Gasteiger partial charge in [0, 0.05) is 43.9 Å². The van der Waals surface area contributed by atoms with Gasteiger partial charge in [-0.2, -0.15) is 10.2 Å². The highest BCUT2D eigenvalue weighted by atomic mass is 35.5. The second-order valence-electron chi connectivity index (χ2n) is 8.86. The third kappa shape index (κ3) is 3.00. The molecule has 0 amide bonds. The highest BCUT2D eigenvalue weighted by Crippen LogP contribution is 2.41. The summed E-state index contributed by atoms with van der Waals surface area (Å²) < 4.78 is 7.43. The molecule has 2 aliphatic heterocycles. The fraction of sp³-hybridized carbons (Fsp3) is 0.455. The average Bonchev–Trinajstić information content (AvgIpc) is 3.48. The smallest absolute Gasteiger partial charge is 0.202 e. The van der Waals surface area contributed by atoms with Crippen molar-refractivity contribution in [1.29, 1.82) is 0 Å². The number of aryl methyl sites for hydroxylation is 2. The maximum Gasteiger partial charge on any atom is 0.202 e. The number of halogens is 1. The molecule has 8 nitrogen and oxygen atoms in total. The van der Waals surface area contributed by atoms with Gasteiger partial charge < -0.3 is 9.64 Å². The first kappa shape index (κ1) is 19.0. The van der Waals surface area contributed by atoms with E-state index in [1.165, 1.54) is 6.42 Å². The van der Waals surface area contributed by atoms with Crippen LogP contribution in [0, 0.1) is 12.3 Å². The maximum atomic E-state index is 6.73. The Morgan fingerprint density at radius 3 is 2.77 bits per heavy atom. The minimum Gasteiger partial charge on any atom is -0.381 e. The van der Waals surface area contributed by atoms with E-state index in [9.17, 15) is 0 Å². The second-order valence-corrected chi connectivity index (χ2v) is 9.23. The van der Waals surface area contributed by atoms with Crippen LogP contribution in [0.4, 0.5) is 5.82 Å². The van der Waals surface area contributed by atoms with E-state index in [0.29, 0.717) is 16.1 Å². The number of fused-ring (bicyclic) bond motifs is 2. The van der Waals surface area contributed by atoms with E-state index < -0.39 is 0 Å². The van der Waals surface area contributed by atoms with Gasteiger partial charge in [-0.3, -0.25) is 9.78 Å². The summed E-state index contributed by atoms with van der Waals surface area (Å²) in [5.74, 6) is 0.924. The Bertz CT molecular complexity index is 1290. The number of hydrogen-bond donors (Lipinski definition) is 1. The predicted octanol–water partition coefficient (Wildman–Crippen LogP) is 3.88. The fourth-order valence-electron chi connectivity index (χ4n) is 5.00. The SMILES string of the molecule is Cc1nc2c(-c3ccc4nn(C)cc4c3Cl)[nH]nc2nc1N1CCC2(CCOC2)CC1. The lowest BCUT2D eigenvalue weighted by Gasteiger charge is -2.39. The molecule has 6 rings (SSSR count). The summed E-state index contributed by atoms with van der Waals surface area (Å²) in [7, 11) is 1.89. The molecule has 160 valence electrons. The summed E-state index contributed by atoms with van der Waals surface area (Å²) in [6, 6.07) is 3.93. The number of anilines is 1. The van der Waals surface area contributed by atoms with Crippen molar-refractivity contribution < 1.29 is 4.74 Å². The maximum absolute atomic E-state index is 6.73. The normalized spacial score (nSPS) is 18.6. The van der Waals surface area contributed by atoms with Gasteiger partial charge in [-0.1, -0.05) is 11.6 Å². The van der Waals surface area contributed by atoms with Crippen LogP contribution in [0.1, 0.15) is 25.0 Å². The molecular formula is C22H24ClN7O. The lowest BCUT2D eigenvalue weighted by Crippen LogP contribution is -2.41. The van der Waals surface area contributed by atoms with Crippen LogP contribution in [0.5, 0.6) is 0 Å². The summed E-state index contributed by atoms with van der Waals surface area (Å²) >= 11 is 6.73. The Labute approximate surface area is 184 Å². The minimum atomic E-state index is 0.364. The highest BCUT2D eigenvalue weighted by Gasteiger charge is 2.38. The van der Waals surface area contributed by atoms with Crippen molar-refractivity contribution in [1.82, 2.24) is 29.9 Å². The summed E-state index contributed by atoms with van der Waals surface area (Å²) in [4.78, 5) is 12.1. The molecule has 0 bridgehead atoms. The van der Waals surface area contributed by atoms with Crippen LogP contribution in [0.15, 0.2) is 18.3 Å². The van der Waals surface area contributed by atoms with Crippen molar-refractivity contribution in [2.24, 2.45) is 12.5 Å². The first-order chi connectivity index (χ1) is 15.0. The zero-order valence-corrected chi connectivity index (χ0v) is 18.4. The number of benzene rings is 1. The first-order valence-electron chi connectivity index (χ1n) is 10.7. The molecule has 9 heteroatoms. The third-order valence-corrected chi connectivity index (χ3v) is 7.26. The van der Waals surface area contributed by atoms with Crippen LogP contribution in [-0.2, 0) is 11.8 Å². The van der Waals surface area contributed by atoms with Crippen molar-refractivity contribution in [2.75, 3.05) is 31.2 Å². The average molecular weight is 438 g/mol. The zero-order valence-electron chi connectivity index (χ0n) is 17.7. The molecule has 5 heterocycles. The Kier molecular flexibility index (Phi) is 4.23. The Morgan fingerprint density at radius 1 is 1.16 bits per heavy atom. The number of H-pyrrole nitrogens is 1. The summed E-state index contributed by atoms with van der Waals surface area (Å²) in [6.07, 6.45) is 5.37. The topological polar surface area (TPSA) is 84.8 Å². The zero-order chi connectivity index (χ0) is 21.2. The molecule has 0 aliphatic carbocycles. The van der Waals surface area contributed by atoms with Crippen LogP contribution in [-0.4, -0.2) is 56.2 Å². The van der Waals surface area contributed by atoms with Crippen LogP contribution in [0.3, 0.4) is 0 Å². The molecule has 4 aromatic rings. The Hall–Kier alpha value is -2.71. The molecule has 1 N–H and O–H groups in total. The second kappa shape index (κ2) is 6.90. The molecule has 1 aromatic carbocycles. The van der Waals surface area contributed by atoms with Crippen molar-refractivity contribution >= 4 is 39.5 Å². The van der Waals surface area contributed by atoms with E-state index in [-0.39, 0.29) is 0 Å². The number of aromatic amines is 1. The molecule has 1 spiro atoms. The van der Waals surface area contributed by atoms with Gasteiger partial charge in [-0.05, 0) is 43.7 Å². The predicted molar refractivity (Wildman–Crippen MR) is 120 cm³/mol. The van der Waals surface area contributed by atoms with Gasteiger partial charge in [0.1, 0.15) is 5.52 Å². The number of piperidine rings is 1. The molecule has 2 fully saturated rings. The molecule has 2 aliphatic rings. The summed E-state index contributed by atoms with van der Waals surface area (Å²) in [5, 5.41) is 13.6. The van der Waals surface area contributed by atoms with E-state index in [1.54, 1.807) is 4.68 Å². The largest absolute Gasteiger partial charge is 0.381 e. The summed E-state index contributed by atoms with van der Waals surface area (Å²) in [5.41, 5.74) is 5.13. The van der Waals surface area contributed by atoms with E-state index in [4.69, 9.17) is 26.3 Å². The van der Waals surface area contributed by atoms with Gasteiger partial charge in [-0.25, -0.2) is 9.97 Å².